The lowest BCUT2D eigenvalue weighted by atomic mass is 9.95. The predicted molar refractivity (Wildman–Crippen MR) is 100 cm³/mol. The van der Waals surface area contributed by atoms with Crippen molar-refractivity contribution in [2.24, 2.45) is 0 Å². The van der Waals surface area contributed by atoms with Gasteiger partial charge in [-0.25, -0.2) is 22.8 Å². The summed E-state index contributed by atoms with van der Waals surface area (Å²) in [4.78, 5) is 22.9. The molecule has 1 saturated heterocycles. The minimum absolute atomic E-state index is 0.1000. The first-order valence-electron chi connectivity index (χ1n) is 8.82. The molecule has 1 aromatic heterocycles. The quantitative estimate of drug-likeness (QED) is 0.800. The molecule has 1 aliphatic heterocycles. The van der Waals surface area contributed by atoms with Crippen molar-refractivity contribution in [2.75, 3.05) is 19.3 Å². The highest BCUT2D eigenvalue weighted by atomic mass is 32.2. The van der Waals surface area contributed by atoms with Crippen LogP contribution < -0.4 is 0 Å². The van der Waals surface area contributed by atoms with Crippen LogP contribution in [0.25, 0.3) is 11.3 Å². The second kappa shape index (κ2) is 7.72. The van der Waals surface area contributed by atoms with Gasteiger partial charge in [-0.3, -0.25) is 4.79 Å². The number of sulfone groups is 1. The SMILES string of the molecule is CC(C(=O)N1CCC(c2nccc(-c3ccc(F)cc3)n2)CC1)S(C)(=O)=O. The summed E-state index contributed by atoms with van der Waals surface area (Å²) in [7, 11) is -3.40. The standard InChI is InChI=1S/C19H22FN3O3S/c1-13(27(2,25)26)19(24)23-11-8-15(9-12-23)18-21-10-7-17(22-18)14-3-5-16(20)6-4-14/h3-7,10,13,15H,8-9,11-12H2,1-2H3. The topological polar surface area (TPSA) is 80.2 Å². The molecule has 0 bridgehead atoms. The Hall–Kier alpha value is -2.35. The van der Waals surface area contributed by atoms with Crippen LogP contribution in [0.3, 0.4) is 0 Å². The average molecular weight is 391 g/mol. The number of aromatic nitrogens is 2. The lowest BCUT2D eigenvalue weighted by Gasteiger charge is -2.32. The van der Waals surface area contributed by atoms with Crippen LogP contribution in [-0.2, 0) is 14.6 Å². The molecule has 0 radical (unpaired) electrons. The number of likely N-dealkylation sites (tertiary alicyclic amines) is 1. The Labute approximate surface area is 158 Å². The van der Waals surface area contributed by atoms with Gasteiger partial charge in [0.2, 0.25) is 5.91 Å². The zero-order valence-electron chi connectivity index (χ0n) is 15.3. The van der Waals surface area contributed by atoms with Gasteiger partial charge in [0.15, 0.2) is 9.84 Å². The fourth-order valence-electron chi connectivity index (χ4n) is 3.15. The summed E-state index contributed by atoms with van der Waals surface area (Å²) in [6, 6.07) is 7.92. The van der Waals surface area contributed by atoms with E-state index in [4.69, 9.17) is 0 Å². The van der Waals surface area contributed by atoms with Crippen LogP contribution in [0.1, 0.15) is 31.5 Å². The first-order chi connectivity index (χ1) is 12.8. The van der Waals surface area contributed by atoms with Gasteiger partial charge in [0, 0.05) is 37.0 Å². The number of hydrogen-bond acceptors (Lipinski definition) is 5. The molecule has 1 fully saturated rings. The molecule has 144 valence electrons. The highest BCUT2D eigenvalue weighted by Gasteiger charge is 2.32. The maximum Gasteiger partial charge on any atom is 0.240 e. The van der Waals surface area contributed by atoms with E-state index in [2.05, 4.69) is 9.97 Å². The number of hydrogen-bond donors (Lipinski definition) is 0. The number of nitrogens with zero attached hydrogens (tertiary/aromatic N) is 3. The molecule has 27 heavy (non-hydrogen) atoms. The Bertz CT molecular complexity index is 923. The molecule has 0 N–H and O–H groups in total. The van der Waals surface area contributed by atoms with Crippen molar-refractivity contribution in [3.8, 4) is 11.3 Å². The Balaban J connectivity index is 1.69. The second-order valence-corrected chi connectivity index (χ2v) is 9.24. The van der Waals surface area contributed by atoms with Gasteiger partial charge in [-0.15, -0.1) is 0 Å². The number of rotatable bonds is 4. The third kappa shape index (κ3) is 4.50. The molecular weight excluding hydrogens is 369 g/mol. The van der Waals surface area contributed by atoms with E-state index in [0.717, 1.165) is 17.5 Å². The highest BCUT2D eigenvalue weighted by Crippen LogP contribution is 2.27. The molecule has 2 aromatic rings. The van der Waals surface area contributed by atoms with Crippen LogP contribution in [0.15, 0.2) is 36.5 Å². The van der Waals surface area contributed by atoms with Crippen molar-refractivity contribution in [1.82, 2.24) is 14.9 Å². The van der Waals surface area contributed by atoms with E-state index in [1.165, 1.54) is 19.1 Å². The zero-order chi connectivity index (χ0) is 19.6. The molecule has 6 nitrogen and oxygen atoms in total. The fraction of sp³-hybridized carbons (Fsp3) is 0.421. The van der Waals surface area contributed by atoms with Crippen LogP contribution in [0, 0.1) is 5.82 Å². The Kier molecular flexibility index (Phi) is 5.55. The summed E-state index contributed by atoms with van der Waals surface area (Å²) in [5, 5.41) is -1.02. The van der Waals surface area contributed by atoms with E-state index in [1.54, 1.807) is 29.3 Å². The number of amides is 1. The highest BCUT2D eigenvalue weighted by molar-refractivity contribution is 7.92. The van der Waals surface area contributed by atoms with E-state index in [1.807, 2.05) is 0 Å². The maximum atomic E-state index is 13.1. The van der Waals surface area contributed by atoms with Crippen LogP contribution >= 0.6 is 0 Å². The van der Waals surface area contributed by atoms with Gasteiger partial charge in [-0.2, -0.15) is 0 Å². The largest absolute Gasteiger partial charge is 0.342 e. The minimum atomic E-state index is -3.40. The van der Waals surface area contributed by atoms with Crippen LogP contribution in [0.4, 0.5) is 4.39 Å². The molecule has 3 rings (SSSR count). The Morgan fingerprint density at radius 1 is 1.19 bits per heavy atom. The fourth-order valence-corrected chi connectivity index (χ4v) is 3.67. The maximum absolute atomic E-state index is 13.1. The summed E-state index contributed by atoms with van der Waals surface area (Å²) < 4.78 is 36.3. The molecule has 0 aliphatic carbocycles. The summed E-state index contributed by atoms with van der Waals surface area (Å²) >= 11 is 0. The van der Waals surface area contributed by atoms with Crippen molar-refractivity contribution >= 4 is 15.7 Å². The molecule has 1 amide bonds. The lowest BCUT2D eigenvalue weighted by molar-refractivity contribution is -0.131. The molecule has 8 heteroatoms. The first kappa shape index (κ1) is 19.4. The van der Waals surface area contributed by atoms with Crippen molar-refractivity contribution in [1.29, 1.82) is 0 Å². The van der Waals surface area contributed by atoms with E-state index in [-0.39, 0.29) is 17.6 Å². The predicted octanol–water partition coefficient (Wildman–Crippen LogP) is 2.42. The normalized spacial score (nSPS) is 16.9. The average Bonchev–Trinajstić information content (AvgIpc) is 2.67. The van der Waals surface area contributed by atoms with E-state index in [0.29, 0.717) is 31.8 Å². The molecule has 0 spiro atoms. The van der Waals surface area contributed by atoms with Gasteiger partial charge in [-0.05, 0) is 50.1 Å². The molecule has 1 atom stereocenters. The van der Waals surface area contributed by atoms with Gasteiger partial charge < -0.3 is 4.90 Å². The van der Waals surface area contributed by atoms with E-state index >= 15 is 0 Å². The summed E-state index contributed by atoms with van der Waals surface area (Å²) in [5.74, 6) is 0.147. The number of carbonyl (C=O) groups excluding carboxylic acids is 1. The zero-order valence-corrected chi connectivity index (χ0v) is 16.1. The Morgan fingerprint density at radius 3 is 2.41 bits per heavy atom. The minimum Gasteiger partial charge on any atom is -0.342 e. The molecular formula is C19H22FN3O3S. The molecule has 1 aromatic carbocycles. The molecule has 0 saturated carbocycles. The van der Waals surface area contributed by atoms with E-state index in [9.17, 15) is 17.6 Å². The number of piperidine rings is 1. The van der Waals surface area contributed by atoms with Crippen LogP contribution in [-0.4, -0.2) is 53.8 Å². The Morgan fingerprint density at radius 2 is 1.81 bits per heavy atom. The molecule has 1 aliphatic rings. The van der Waals surface area contributed by atoms with Crippen molar-refractivity contribution in [2.45, 2.75) is 30.9 Å². The van der Waals surface area contributed by atoms with Crippen LogP contribution in [0.2, 0.25) is 0 Å². The lowest BCUT2D eigenvalue weighted by Crippen LogP contribution is -2.45. The summed E-state index contributed by atoms with van der Waals surface area (Å²) in [5.41, 5.74) is 1.54. The van der Waals surface area contributed by atoms with Gasteiger partial charge in [0.1, 0.15) is 16.9 Å². The summed E-state index contributed by atoms with van der Waals surface area (Å²) in [6.07, 6.45) is 4.12. The second-order valence-electron chi connectivity index (χ2n) is 6.88. The van der Waals surface area contributed by atoms with E-state index < -0.39 is 15.1 Å². The van der Waals surface area contributed by atoms with Crippen molar-refractivity contribution in [3.05, 3.63) is 48.2 Å². The molecule has 1 unspecified atom stereocenters. The monoisotopic (exact) mass is 391 g/mol. The number of carbonyl (C=O) groups is 1. The van der Waals surface area contributed by atoms with Crippen LogP contribution in [0.5, 0.6) is 0 Å². The molecule has 2 heterocycles. The number of benzene rings is 1. The van der Waals surface area contributed by atoms with Gasteiger partial charge in [0.05, 0.1) is 5.69 Å². The third-order valence-corrected chi connectivity index (χ3v) is 6.46. The number of halogens is 1. The van der Waals surface area contributed by atoms with Crippen molar-refractivity contribution in [3.63, 3.8) is 0 Å². The smallest absolute Gasteiger partial charge is 0.240 e. The summed E-state index contributed by atoms with van der Waals surface area (Å²) in [6.45, 7) is 2.39. The van der Waals surface area contributed by atoms with Crippen molar-refractivity contribution < 1.29 is 17.6 Å². The van der Waals surface area contributed by atoms with Gasteiger partial charge in [-0.1, -0.05) is 0 Å². The first-order valence-corrected chi connectivity index (χ1v) is 10.8. The third-order valence-electron chi connectivity index (χ3n) is 4.98. The van der Waals surface area contributed by atoms with Gasteiger partial charge in [0.25, 0.3) is 0 Å². The van der Waals surface area contributed by atoms with Gasteiger partial charge >= 0.3 is 0 Å².